The third kappa shape index (κ3) is 16.6. The summed E-state index contributed by atoms with van der Waals surface area (Å²) >= 11 is 0. The number of carbonyl (C=O) groups is 4. The quantitative estimate of drug-likeness (QED) is 0.0727. The van der Waals surface area contributed by atoms with E-state index in [2.05, 4.69) is 25.3 Å². The summed E-state index contributed by atoms with van der Waals surface area (Å²) in [5.41, 5.74) is 15.1. The Labute approximate surface area is 472 Å². The van der Waals surface area contributed by atoms with Crippen molar-refractivity contribution in [2.24, 2.45) is 5.73 Å². The van der Waals surface area contributed by atoms with E-state index < -0.39 is 17.8 Å². The van der Waals surface area contributed by atoms with Crippen LogP contribution >= 0.6 is 0 Å². The lowest BCUT2D eigenvalue weighted by Crippen LogP contribution is -2.42. The number of nitrogens with one attached hydrogen (secondary N) is 1. The number of piperidine rings is 2. The number of hydrogen-bond donors (Lipinski definition) is 3. The second-order valence-corrected chi connectivity index (χ2v) is 19.3. The van der Waals surface area contributed by atoms with Crippen molar-refractivity contribution < 1.29 is 50.7 Å². The first-order valence-corrected chi connectivity index (χ1v) is 26.0. The number of rotatable bonds is 13. The number of amides is 3. The van der Waals surface area contributed by atoms with Gasteiger partial charge in [-0.15, -0.1) is 0 Å². The molecule has 8 heterocycles. The van der Waals surface area contributed by atoms with Crippen LogP contribution < -0.4 is 11.1 Å². The molecule has 6 aromatic heterocycles. The second kappa shape index (κ2) is 27.7. The first kappa shape index (κ1) is 60.3. The topological polar surface area (TPSA) is 211 Å². The van der Waals surface area contributed by atoms with Gasteiger partial charge < -0.3 is 34.8 Å². The van der Waals surface area contributed by atoms with Gasteiger partial charge in [-0.3, -0.25) is 34.3 Å². The molecule has 19 heteroatoms. The average Bonchev–Trinajstić information content (AvgIpc) is 4.27. The van der Waals surface area contributed by atoms with E-state index in [-0.39, 0.29) is 83.6 Å². The van der Waals surface area contributed by atoms with E-state index in [0.717, 1.165) is 67.8 Å². The number of aryl methyl sites for hydroxylation is 2. The van der Waals surface area contributed by atoms with Crippen LogP contribution in [0.3, 0.4) is 0 Å². The average molecular weight is 1120 g/mol. The summed E-state index contributed by atoms with van der Waals surface area (Å²) in [7, 11) is 0. The SMILES string of the molecule is C.Cc1cc(-c2ccc(C(=O)N3CCC(F)(F)CC3)cn2)ccc1-c1ccc(CN)o1.Cc1cc(-c2ccc(C(=O)N3CCC(F)(F)CC3)cn2)ccc1-c1ccc(CNC(=O)/C=C/c2cccnc2)o1.O=C(O)/C=C/c1cccnc1. The number of hydrogen-bond acceptors (Lipinski definition) is 11. The number of aromatic nitrogens is 4. The smallest absolute Gasteiger partial charge is 0.328 e. The number of pyridine rings is 4. The van der Waals surface area contributed by atoms with Gasteiger partial charge in [-0.2, -0.15) is 0 Å². The molecule has 4 N–H and O–H groups in total. The van der Waals surface area contributed by atoms with Gasteiger partial charge in [-0.25, -0.2) is 22.4 Å². The van der Waals surface area contributed by atoms with Crippen molar-refractivity contribution in [3.8, 4) is 45.2 Å². The van der Waals surface area contributed by atoms with Crippen LogP contribution in [0, 0.1) is 13.8 Å². The molecule has 424 valence electrons. The minimum absolute atomic E-state index is 0. The van der Waals surface area contributed by atoms with Crippen LogP contribution in [-0.4, -0.2) is 96.6 Å². The number of halogens is 4. The Morgan fingerprint density at radius 3 is 1.45 bits per heavy atom. The van der Waals surface area contributed by atoms with Crippen molar-refractivity contribution in [1.82, 2.24) is 35.1 Å². The van der Waals surface area contributed by atoms with Gasteiger partial charge in [0.25, 0.3) is 23.7 Å². The first-order chi connectivity index (χ1) is 38.9. The fourth-order valence-electron chi connectivity index (χ4n) is 8.79. The highest BCUT2D eigenvalue weighted by atomic mass is 19.3. The maximum absolute atomic E-state index is 13.4. The Hall–Kier alpha value is -9.36. The highest BCUT2D eigenvalue weighted by Crippen LogP contribution is 2.33. The molecule has 2 aromatic carbocycles. The third-order valence-electron chi connectivity index (χ3n) is 13.3. The molecule has 82 heavy (non-hydrogen) atoms. The molecule has 2 fully saturated rings. The zero-order valence-corrected chi connectivity index (χ0v) is 44.4. The Bertz CT molecular complexity index is 3490. The molecule has 0 atom stereocenters. The Morgan fingerprint density at radius 2 is 1.06 bits per heavy atom. The minimum Gasteiger partial charge on any atom is -0.478 e. The molecule has 0 aliphatic carbocycles. The molecule has 3 amide bonds. The molecular weight excluding hydrogens is 1060 g/mol. The van der Waals surface area contributed by atoms with E-state index in [1.165, 1.54) is 34.3 Å². The number of carbonyl (C=O) groups excluding carboxylic acids is 3. The number of alkyl halides is 4. The van der Waals surface area contributed by atoms with Gasteiger partial charge in [-0.1, -0.05) is 43.8 Å². The number of aliphatic carboxylic acids is 1. The van der Waals surface area contributed by atoms with Crippen LogP contribution in [0.5, 0.6) is 0 Å². The molecule has 0 radical (unpaired) electrons. The van der Waals surface area contributed by atoms with Gasteiger partial charge in [0.1, 0.15) is 23.0 Å². The van der Waals surface area contributed by atoms with Crippen LogP contribution in [0.1, 0.15) is 87.6 Å². The van der Waals surface area contributed by atoms with Crippen LogP contribution in [0.25, 0.3) is 57.3 Å². The number of benzene rings is 2. The number of carboxylic acids is 1. The van der Waals surface area contributed by atoms with E-state index in [4.69, 9.17) is 19.7 Å². The number of nitrogens with two attached hydrogens (primary N) is 1. The second-order valence-electron chi connectivity index (χ2n) is 19.3. The van der Waals surface area contributed by atoms with Crippen molar-refractivity contribution >= 4 is 35.8 Å². The summed E-state index contributed by atoms with van der Waals surface area (Å²) in [6.45, 7) is 4.77. The van der Waals surface area contributed by atoms with Crippen molar-refractivity contribution in [3.05, 3.63) is 203 Å². The molecule has 2 saturated heterocycles. The minimum atomic E-state index is -2.70. The molecule has 8 aromatic rings. The maximum Gasteiger partial charge on any atom is 0.328 e. The van der Waals surface area contributed by atoms with Gasteiger partial charge in [0, 0.05) is 123 Å². The van der Waals surface area contributed by atoms with Gasteiger partial charge in [0.2, 0.25) is 5.91 Å². The lowest BCUT2D eigenvalue weighted by molar-refractivity contribution is -0.131. The summed E-state index contributed by atoms with van der Waals surface area (Å²) in [4.78, 5) is 67.1. The zero-order valence-electron chi connectivity index (χ0n) is 44.4. The number of likely N-dealkylation sites (tertiary alicyclic amines) is 2. The molecule has 0 unspecified atom stereocenters. The summed E-state index contributed by atoms with van der Waals surface area (Å²) in [6.07, 6.45) is 14.1. The summed E-state index contributed by atoms with van der Waals surface area (Å²) in [5, 5.41) is 11.1. The molecular formula is C63H62F4N8O7. The highest BCUT2D eigenvalue weighted by molar-refractivity contribution is 5.95. The van der Waals surface area contributed by atoms with E-state index >= 15 is 0 Å². The molecule has 0 bridgehead atoms. The van der Waals surface area contributed by atoms with Gasteiger partial charge >= 0.3 is 5.97 Å². The standard InChI is InChI=1S/C31H28F2N4O3.C23H23F2N3O2.C8H7NO2.CH4/c1-21-17-23(27-9-6-24(19-35-27)30(39)37-15-12-31(32,33)13-16-37)5-8-26(21)28-10-7-25(40-28)20-36-29(38)11-4-22-3-2-14-34-18-22;1-15-12-16(2-5-19(15)21-7-4-18(13-26)30-21)20-6-3-17(14-27-20)22(29)28-10-8-23(24,25)9-11-28;10-8(11)4-3-7-2-1-5-9-6-7;/h2-11,14,17-19H,12-13,15-16,20H2,1H3,(H,36,38);2-7,12,14H,8-11,13,26H2,1H3;1-6H,(H,10,11);1H4/b11-4+;;4-3+;. The largest absolute Gasteiger partial charge is 0.478 e. The summed E-state index contributed by atoms with van der Waals surface area (Å²) in [5.74, 6) is -4.30. The van der Waals surface area contributed by atoms with Crippen molar-refractivity contribution in [2.45, 2.75) is 71.9 Å². The fourth-order valence-corrected chi connectivity index (χ4v) is 8.79. The summed E-state index contributed by atoms with van der Waals surface area (Å²) in [6, 6.07) is 33.4. The van der Waals surface area contributed by atoms with Crippen LogP contribution in [0.15, 0.2) is 167 Å². The summed E-state index contributed by atoms with van der Waals surface area (Å²) < 4.78 is 65.2. The Kier molecular flexibility index (Phi) is 20.4. The molecule has 0 spiro atoms. The lowest BCUT2D eigenvalue weighted by atomic mass is 10.0. The van der Waals surface area contributed by atoms with E-state index in [9.17, 15) is 36.7 Å². The molecule has 2 aliphatic heterocycles. The van der Waals surface area contributed by atoms with Crippen LogP contribution in [-0.2, 0) is 22.7 Å². The van der Waals surface area contributed by atoms with Crippen molar-refractivity contribution in [3.63, 3.8) is 0 Å². The normalized spacial score (nSPS) is 14.4. The fraction of sp³-hybridized carbons (Fsp3) is 0.238. The third-order valence-corrected chi connectivity index (χ3v) is 13.3. The van der Waals surface area contributed by atoms with E-state index in [1.54, 1.807) is 73.3 Å². The Morgan fingerprint density at radius 1 is 0.610 bits per heavy atom. The molecule has 15 nitrogen and oxygen atoms in total. The lowest BCUT2D eigenvalue weighted by Gasteiger charge is -2.31. The van der Waals surface area contributed by atoms with E-state index in [1.807, 2.05) is 80.6 Å². The monoisotopic (exact) mass is 1120 g/mol. The molecule has 2 aliphatic rings. The van der Waals surface area contributed by atoms with Crippen LogP contribution in [0.4, 0.5) is 17.6 Å². The number of furan rings is 2. The highest BCUT2D eigenvalue weighted by Gasteiger charge is 2.37. The number of carboxylic acid groups (broad SMARTS) is 1. The molecule has 0 saturated carbocycles. The maximum atomic E-state index is 13.4. The van der Waals surface area contributed by atoms with Crippen molar-refractivity contribution in [2.75, 3.05) is 26.2 Å². The molecule has 10 rings (SSSR count). The number of nitrogens with zero attached hydrogens (tertiary/aromatic N) is 6. The first-order valence-electron chi connectivity index (χ1n) is 26.0. The predicted octanol–water partition coefficient (Wildman–Crippen LogP) is 12.4. The Balaban J connectivity index is 0.000000202. The van der Waals surface area contributed by atoms with Crippen molar-refractivity contribution in [1.29, 1.82) is 0 Å². The van der Waals surface area contributed by atoms with Gasteiger partial charge in [0.05, 0.1) is 35.6 Å². The van der Waals surface area contributed by atoms with Gasteiger partial charge in [-0.05, 0) is 121 Å². The van der Waals surface area contributed by atoms with E-state index in [0.29, 0.717) is 34.9 Å². The zero-order chi connectivity index (χ0) is 57.5. The van der Waals surface area contributed by atoms with Crippen LogP contribution in [0.2, 0.25) is 0 Å². The van der Waals surface area contributed by atoms with Gasteiger partial charge in [0.15, 0.2) is 0 Å². The predicted molar refractivity (Wildman–Crippen MR) is 305 cm³/mol.